The van der Waals surface area contributed by atoms with Crippen molar-refractivity contribution < 1.29 is 14.4 Å². The number of rotatable bonds is 6. The normalized spacial score (nSPS) is 21.6. The summed E-state index contributed by atoms with van der Waals surface area (Å²) in [5.74, 6) is 0.0949. The van der Waals surface area contributed by atoms with Gasteiger partial charge in [-0.2, -0.15) is 0 Å². The molecule has 4 aromatic rings. The minimum atomic E-state index is -0.590. The zero-order valence-electron chi connectivity index (χ0n) is 21.4. The number of fused-ring (bicyclic) bond motifs is 2. The third-order valence-electron chi connectivity index (χ3n) is 7.76. The van der Waals surface area contributed by atoms with E-state index >= 15 is 0 Å². The van der Waals surface area contributed by atoms with Gasteiger partial charge in [0.1, 0.15) is 23.0 Å². The van der Waals surface area contributed by atoms with Crippen LogP contribution in [0.1, 0.15) is 37.0 Å². The fourth-order valence-electron chi connectivity index (χ4n) is 5.65. The molecular weight excluding hydrogens is 562 g/mol. The van der Waals surface area contributed by atoms with Crippen LogP contribution in [0.2, 0.25) is 0 Å². The van der Waals surface area contributed by atoms with Crippen molar-refractivity contribution in [3.63, 3.8) is 0 Å². The molecule has 6 rings (SSSR count). The number of nitrogen functional groups attached to an aromatic ring is 1. The van der Waals surface area contributed by atoms with Gasteiger partial charge < -0.3 is 20.5 Å². The van der Waals surface area contributed by atoms with Crippen molar-refractivity contribution in [3.8, 4) is 11.1 Å². The number of piperidine rings is 1. The van der Waals surface area contributed by atoms with E-state index in [0.29, 0.717) is 22.4 Å². The average molecular weight is 588 g/mol. The lowest BCUT2D eigenvalue weighted by molar-refractivity contribution is -0.138. The first-order chi connectivity index (χ1) is 18.6. The number of carbonyl (C=O) groups excluding carboxylic acids is 3. The Morgan fingerprint density at radius 1 is 1.13 bits per heavy atom. The summed E-state index contributed by atoms with van der Waals surface area (Å²) in [5, 5.41) is 3.60. The van der Waals surface area contributed by atoms with Gasteiger partial charge in [0.25, 0.3) is 0 Å². The standard InChI is InChI=1S/C28H26BrN7O3/c1-15(37)19-13-35(20-7-6-16(8-18(19)20)17-11-31-27(30)32-12-17)14-25(38)36-21(9-28(2)10-22(28)36)26(39)34-24-5-3-4-23(29)33-24/h3-8,11-13,21-22H,9-10,14H2,1-2H3,(H2,30,31,32)(H,33,34,39)/t21-,22+,28-/m0/s1. The molecule has 10 nitrogen and oxygen atoms in total. The fraction of sp³-hybridized carbons (Fsp3) is 0.286. The number of hydrogen-bond acceptors (Lipinski definition) is 7. The van der Waals surface area contributed by atoms with Crippen molar-refractivity contribution in [2.45, 2.75) is 45.3 Å². The highest BCUT2D eigenvalue weighted by Gasteiger charge is 2.64. The first kappa shape index (κ1) is 25.2. The molecule has 4 heterocycles. The van der Waals surface area contributed by atoms with E-state index < -0.39 is 6.04 Å². The number of hydrogen-bond donors (Lipinski definition) is 2. The minimum Gasteiger partial charge on any atom is -0.368 e. The first-order valence-corrected chi connectivity index (χ1v) is 13.4. The Kier molecular flexibility index (Phi) is 5.98. The molecule has 1 saturated heterocycles. The highest BCUT2D eigenvalue weighted by molar-refractivity contribution is 9.10. The molecule has 3 aromatic heterocycles. The molecule has 1 aliphatic carbocycles. The first-order valence-electron chi connectivity index (χ1n) is 12.6. The number of carbonyl (C=O) groups is 3. The monoisotopic (exact) mass is 587 g/mol. The summed E-state index contributed by atoms with van der Waals surface area (Å²) < 4.78 is 2.41. The largest absolute Gasteiger partial charge is 0.368 e. The molecule has 1 aromatic carbocycles. The number of Topliss-reactive ketones (excluding diaryl/α,β-unsaturated/α-hetero) is 1. The van der Waals surface area contributed by atoms with E-state index in [2.05, 4.69) is 43.1 Å². The predicted molar refractivity (Wildman–Crippen MR) is 150 cm³/mol. The predicted octanol–water partition coefficient (Wildman–Crippen LogP) is 4.06. The number of nitrogens with one attached hydrogen (secondary N) is 1. The van der Waals surface area contributed by atoms with Crippen LogP contribution in [0.15, 0.2) is 59.6 Å². The number of anilines is 2. The molecular formula is C28H26BrN7O3. The average Bonchev–Trinajstić information content (AvgIpc) is 3.26. The highest BCUT2D eigenvalue weighted by atomic mass is 79.9. The van der Waals surface area contributed by atoms with E-state index in [1.54, 1.807) is 46.3 Å². The zero-order valence-corrected chi connectivity index (χ0v) is 23.0. The van der Waals surface area contributed by atoms with Crippen LogP contribution in [0.25, 0.3) is 22.0 Å². The summed E-state index contributed by atoms with van der Waals surface area (Å²) in [4.78, 5) is 53.7. The molecule has 39 heavy (non-hydrogen) atoms. The Hall–Kier alpha value is -4.12. The lowest BCUT2D eigenvalue weighted by Crippen LogP contribution is -2.46. The van der Waals surface area contributed by atoms with Crippen LogP contribution in [0.4, 0.5) is 11.8 Å². The van der Waals surface area contributed by atoms with Crippen LogP contribution in [-0.2, 0) is 16.1 Å². The minimum absolute atomic E-state index is 0.0135. The Bertz CT molecular complexity index is 1650. The van der Waals surface area contributed by atoms with E-state index in [1.807, 2.05) is 18.2 Å². The van der Waals surface area contributed by atoms with Crippen molar-refractivity contribution in [2.75, 3.05) is 11.1 Å². The molecule has 3 atom stereocenters. The lowest BCUT2D eigenvalue weighted by Gasteiger charge is -2.27. The Morgan fingerprint density at radius 2 is 1.90 bits per heavy atom. The van der Waals surface area contributed by atoms with Gasteiger partial charge in [0.15, 0.2) is 5.78 Å². The number of nitrogens with two attached hydrogens (primary N) is 1. The molecule has 2 aliphatic rings. The second-order valence-electron chi connectivity index (χ2n) is 10.5. The number of amides is 2. The van der Waals surface area contributed by atoms with Crippen molar-refractivity contribution in [1.82, 2.24) is 24.4 Å². The molecule has 1 aliphatic heterocycles. The number of benzene rings is 1. The maximum Gasteiger partial charge on any atom is 0.248 e. The number of nitrogens with zero attached hydrogens (tertiary/aromatic N) is 5. The van der Waals surface area contributed by atoms with E-state index in [0.717, 1.165) is 28.5 Å². The molecule has 11 heteroatoms. The number of halogens is 1. The van der Waals surface area contributed by atoms with Crippen LogP contribution in [-0.4, -0.2) is 54.1 Å². The third-order valence-corrected chi connectivity index (χ3v) is 8.21. The molecule has 0 radical (unpaired) electrons. The Morgan fingerprint density at radius 3 is 2.62 bits per heavy atom. The van der Waals surface area contributed by atoms with Gasteiger partial charge in [0.05, 0.1) is 0 Å². The van der Waals surface area contributed by atoms with Gasteiger partial charge in [-0.3, -0.25) is 14.4 Å². The van der Waals surface area contributed by atoms with Crippen molar-refractivity contribution in [3.05, 3.63) is 65.2 Å². The smallest absolute Gasteiger partial charge is 0.248 e. The fourth-order valence-corrected chi connectivity index (χ4v) is 5.99. The van der Waals surface area contributed by atoms with Crippen LogP contribution < -0.4 is 11.1 Å². The van der Waals surface area contributed by atoms with E-state index in [-0.39, 0.29) is 41.5 Å². The van der Waals surface area contributed by atoms with Gasteiger partial charge in [-0.15, -0.1) is 0 Å². The van der Waals surface area contributed by atoms with Crippen LogP contribution in [0.5, 0.6) is 0 Å². The third kappa shape index (κ3) is 4.56. The summed E-state index contributed by atoms with van der Waals surface area (Å²) in [5.41, 5.74) is 8.42. The summed E-state index contributed by atoms with van der Waals surface area (Å²) in [6.45, 7) is 3.63. The number of aromatic nitrogens is 4. The van der Waals surface area contributed by atoms with Crippen molar-refractivity contribution in [2.24, 2.45) is 5.41 Å². The molecule has 2 amide bonds. The highest BCUT2D eigenvalue weighted by Crippen LogP contribution is 2.59. The Labute approximate surface area is 232 Å². The van der Waals surface area contributed by atoms with Crippen LogP contribution in [0.3, 0.4) is 0 Å². The SMILES string of the molecule is CC(=O)c1cn(CC(=O)N2[C@H](C(=O)Nc3cccc(Br)n3)C[C@@]3(C)C[C@@H]23)c2ccc(-c3cnc(N)nc3)cc12. The number of likely N-dealkylation sites (tertiary alicyclic amines) is 1. The van der Waals surface area contributed by atoms with Gasteiger partial charge in [0.2, 0.25) is 17.8 Å². The van der Waals surface area contributed by atoms with Gasteiger partial charge in [-0.1, -0.05) is 19.1 Å². The molecule has 1 saturated carbocycles. The second kappa shape index (κ2) is 9.26. The second-order valence-corrected chi connectivity index (χ2v) is 11.3. The van der Waals surface area contributed by atoms with Gasteiger partial charge >= 0.3 is 0 Å². The topological polar surface area (TPSA) is 136 Å². The van der Waals surface area contributed by atoms with Crippen molar-refractivity contribution in [1.29, 1.82) is 0 Å². The number of pyridine rings is 1. The summed E-state index contributed by atoms with van der Waals surface area (Å²) in [6.07, 6.45) is 6.45. The summed E-state index contributed by atoms with van der Waals surface area (Å²) >= 11 is 3.32. The van der Waals surface area contributed by atoms with Gasteiger partial charge in [-0.05, 0) is 70.9 Å². The molecule has 0 bridgehead atoms. The molecule has 3 N–H and O–H groups in total. The van der Waals surface area contributed by atoms with E-state index in [1.165, 1.54) is 6.92 Å². The van der Waals surface area contributed by atoms with E-state index in [9.17, 15) is 14.4 Å². The molecule has 0 spiro atoms. The summed E-state index contributed by atoms with van der Waals surface area (Å²) in [7, 11) is 0. The van der Waals surface area contributed by atoms with Crippen LogP contribution >= 0.6 is 15.9 Å². The van der Waals surface area contributed by atoms with E-state index in [4.69, 9.17) is 5.73 Å². The molecule has 198 valence electrons. The number of ketones is 1. The molecule has 0 unspecified atom stereocenters. The van der Waals surface area contributed by atoms with Gasteiger partial charge in [0, 0.05) is 46.7 Å². The van der Waals surface area contributed by atoms with Gasteiger partial charge in [-0.25, -0.2) is 15.0 Å². The van der Waals surface area contributed by atoms with Crippen LogP contribution in [0, 0.1) is 5.41 Å². The maximum absolute atomic E-state index is 13.7. The molecule has 2 fully saturated rings. The zero-order chi connectivity index (χ0) is 27.5. The lowest BCUT2D eigenvalue weighted by atomic mass is 10.0. The quantitative estimate of drug-likeness (QED) is 0.256. The Balaban J connectivity index is 1.29. The van der Waals surface area contributed by atoms with Crippen molar-refractivity contribution >= 4 is 56.2 Å². The maximum atomic E-state index is 13.7. The summed E-state index contributed by atoms with van der Waals surface area (Å²) in [6, 6.07) is 10.4.